The smallest absolute Gasteiger partial charge is 0.0651 e. The van der Waals surface area contributed by atoms with Gasteiger partial charge in [-0.2, -0.15) is 0 Å². The largest absolute Gasteiger partial charge is 0.310 e. The Labute approximate surface area is 300 Å². The fraction of sp³-hybridized carbons (Fsp3) is 0. The molecular weight excluding hydrogens is 567 g/mol. The van der Waals surface area contributed by atoms with E-state index in [0.29, 0.717) is 10.9 Å². The summed E-state index contributed by atoms with van der Waals surface area (Å²) in [6.45, 7) is 0. The third kappa shape index (κ3) is 5.83. The molecule has 0 aromatic heterocycles. The molecular formula is C46H33N. The predicted octanol–water partition coefficient (Wildman–Crippen LogP) is 13.0. The Hall–Kier alpha value is -6.18. The van der Waals surface area contributed by atoms with Crippen molar-refractivity contribution in [3.8, 4) is 44.5 Å². The Morgan fingerprint density at radius 2 is 0.915 bits per heavy atom. The number of benzene rings is 8. The number of rotatable bonds is 7. The second-order valence-electron chi connectivity index (χ2n) is 10.5. The van der Waals surface area contributed by atoms with Crippen molar-refractivity contribution in [1.29, 1.82) is 0 Å². The molecule has 8 rings (SSSR count). The summed E-state index contributed by atoms with van der Waals surface area (Å²) in [7, 11) is 0. The van der Waals surface area contributed by atoms with Gasteiger partial charge in [-0.25, -0.2) is 0 Å². The quantitative estimate of drug-likeness (QED) is 0.172. The average Bonchev–Trinajstić information content (AvgIpc) is 3.30. The van der Waals surface area contributed by atoms with Gasteiger partial charge in [0.05, 0.1) is 23.3 Å². The first-order valence-corrected chi connectivity index (χ1v) is 14.7. The lowest BCUT2D eigenvalue weighted by Gasteiger charge is -2.26. The van der Waals surface area contributed by atoms with Crippen molar-refractivity contribution < 1.29 is 23.3 Å². The van der Waals surface area contributed by atoms with Crippen molar-refractivity contribution in [3.05, 3.63) is 200 Å². The molecule has 8 aromatic carbocycles. The van der Waals surface area contributed by atoms with Crippen LogP contribution < -0.4 is 4.90 Å². The molecule has 0 aliphatic heterocycles. The molecule has 0 bridgehead atoms. The van der Waals surface area contributed by atoms with Crippen LogP contribution in [0.25, 0.3) is 55.3 Å². The molecule has 47 heavy (non-hydrogen) atoms. The SMILES string of the molecule is [2H]c1c([2H])c([2H])c(-c2c([2H])c([2H])c(-c3c([2H])c([2H])c(N(c4ccc(-c5ccccc5)cc4)c4c([2H])c([2H])c([2H])c(-c5cccc6ccccc56)c4[2H])c([2H])c3[2H])c([2H])c2[2H])c([2H])c1[2H]. The minimum Gasteiger partial charge on any atom is -0.310 e. The molecule has 1 heteroatoms. The van der Waals surface area contributed by atoms with Crippen molar-refractivity contribution in [2.45, 2.75) is 0 Å². The van der Waals surface area contributed by atoms with E-state index in [1.807, 2.05) is 48.5 Å². The van der Waals surface area contributed by atoms with Gasteiger partial charge >= 0.3 is 0 Å². The maximum absolute atomic E-state index is 9.70. The minimum atomic E-state index is -0.865. The van der Waals surface area contributed by atoms with E-state index in [4.69, 9.17) is 15.1 Å². The molecule has 0 radical (unpaired) electrons. The van der Waals surface area contributed by atoms with Gasteiger partial charge < -0.3 is 4.90 Å². The molecule has 0 fully saturated rings. The van der Waals surface area contributed by atoms with E-state index in [2.05, 4.69) is 0 Å². The minimum absolute atomic E-state index is 0.0200. The van der Waals surface area contributed by atoms with Crippen LogP contribution in [-0.2, 0) is 0 Å². The van der Waals surface area contributed by atoms with E-state index in [1.54, 1.807) is 48.5 Å². The Morgan fingerprint density at radius 3 is 1.64 bits per heavy atom. The van der Waals surface area contributed by atoms with Crippen LogP contribution in [0.3, 0.4) is 0 Å². The van der Waals surface area contributed by atoms with Crippen LogP contribution in [0.5, 0.6) is 0 Å². The summed E-state index contributed by atoms with van der Waals surface area (Å²) in [6, 6.07) is 16.0. The van der Waals surface area contributed by atoms with Gasteiger partial charge in [-0.3, -0.25) is 0 Å². The van der Waals surface area contributed by atoms with Crippen LogP contribution in [-0.4, -0.2) is 0 Å². The standard InChI is InChI=1S/C46H33N/c1-3-11-34(12-4-1)36-21-23-37(24-22-36)39-27-31-43(32-28-39)47(42-29-25-38(26-30-42)35-13-5-2-6-14-35)44-18-9-17-41(33-44)46-20-10-16-40-15-7-8-19-45(40)46/h1-33H/i1D,3D,4D,9D,11D,12D,17D,18D,21D,22D,23D,24D,27D,28D,31D,32D,33D. The van der Waals surface area contributed by atoms with E-state index >= 15 is 0 Å². The second-order valence-corrected chi connectivity index (χ2v) is 10.5. The Bertz CT molecular complexity index is 3150. The van der Waals surface area contributed by atoms with E-state index in [0.717, 1.165) is 21.4 Å². The number of hydrogen-bond donors (Lipinski definition) is 0. The van der Waals surface area contributed by atoms with Gasteiger partial charge in [0.25, 0.3) is 0 Å². The van der Waals surface area contributed by atoms with E-state index in [9.17, 15) is 8.22 Å². The summed E-state index contributed by atoms with van der Waals surface area (Å²) < 4.78 is 152. The Morgan fingerprint density at radius 1 is 0.340 bits per heavy atom. The van der Waals surface area contributed by atoms with Crippen LogP contribution in [0.1, 0.15) is 23.3 Å². The van der Waals surface area contributed by atoms with E-state index < -0.39 is 131 Å². The van der Waals surface area contributed by atoms with Crippen molar-refractivity contribution in [2.75, 3.05) is 4.90 Å². The molecule has 0 N–H and O–H groups in total. The molecule has 0 aliphatic rings. The summed E-state index contributed by atoms with van der Waals surface area (Å²) in [5, 5.41) is 1.43. The number of hydrogen-bond acceptors (Lipinski definition) is 1. The molecule has 0 unspecified atom stereocenters. The predicted molar refractivity (Wildman–Crippen MR) is 200 cm³/mol. The first-order chi connectivity index (χ1) is 30.4. The van der Waals surface area contributed by atoms with Crippen LogP contribution in [0.4, 0.5) is 17.1 Å². The first kappa shape index (κ1) is 15.4. The van der Waals surface area contributed by atoms with E-state index in [1.165, 1.54) is 0 Å². The third-order valence-electron chi connectivity index (χ3n) is 7.59. The summed E-state index contributed by atoms with van der Waals surface area (Å²) >= 11 is 0. The Kier molecular flexibility index (Phi) is 4.15. The second kappa shape index (κ2) is 12.7. The van der Waals surface area contributed by atoms with Crippen LogP contribution in [0.15, 0.2) is 200 Å². The fourth-order valence-electron chi connectivity index (χ4n) is 5.31. The highest BCUT2D eigenvalue weighted by Gasteiger charge is 2.15. The van der Waals surface area contributed by atoms with Gasteiger partial charge in [0.2, 0.25) is 0 Å². The van der Waals surface area contributed by atoms with Crippen molar-refractivity contribution >= 4 is 27.8 Å². The molecule has 0 heterocycles. The highest BCUT2D eigenvalue weighted by Crippen LogP contribution is 2.39. The fourth-order valence-corrected chi connectivity index (χ4v) is 5.31. The van der Waals surface area contributed by atoms with Crippen LogP contribution in [0.2, 0.25) is 0 Å². The monoisotopic (exact) mass is 616 g/mol. The summed E-state index contributed by atoms with van der Waals surface area (Å²) in [5.74, 6) is 0. The van der Waals surface area contributed by atoms with Gasteiger partial charge in [-0.05, 0) is 91.6 Å². The summed E-state index contributed by atoms with van der Waals surface area (Å²) in [4.78, 5) is 1.16. The van der Waals surface area contributed by atoms with Gasteiger partial charge in [-0.1, -0.05) is 163 Å². The molecule has 0 saturated carbocycles. The van der Waals surface area contributed by atoms with E-state index in [-0.39, 0.29) is 16.9 Å². The zero-order valence-corrected chi connectivity index (χ0v) is 24.7. The molecule has 0 saturated heterocycles. The van der Waals surface area contributed by atoms with Crippen molar-refractivity contribution in [1.82, 2.24) is 0 Å². The molecule has 8 aromatic rings. The normalized spacial score (nSPS) is 16.0. The topological polar surface area (TPSA) is 3.24 Å². The number of nitrogens with zero attached hydrogens (tertiary/aromatic N) is 1. The number of anilines is 3. The van der Waals surface area contributed by atoms with Gasteiger partial charge in [0, 0.05) is 17.1 Å². The highest BCUT2D eigenvalue weighted by atomic mass is 15.1. The average molecular weight is 617 g/mol. The molecule has 0 aliphatic carbocycles. The molecule has 1 nitrogen and oxygen atoms in total. The first-order valence-electron chi connectivity index (χ1n) is 23.2. The van der Waals surface area contributed by atoms with Gasteiger partial charge in [0.15, 0.2) is 0 Å². The van der Waals surface area contributed by atoms with Crippen LogP contribution >= 0.6 is 0 Å². The maximum Gasteiger partial charge on any atom is 0.0651 e. The summed E-state index contributed by atoms with van der Waals surface area (Å²) in [6.07, 6.45) is 0. The third-order valence-corrected chi connectivity index (χ3v) is 7.59. The van der Waals surface area contributed by atoms with Gasteiger partial charge in [-0.15, -0.1) is 0 Å². The Balaban J connectivity index is 1.42. The lowest BCUT2D eigenvalue weighted by Crippen LogP contribution is -2.10. The molecule has 0 spiro atoms. The molecule has 222 valence electrons. The maximum atomic E-state index is 9.70. The summed E-state index contributed by atoms with van der Waals surface area (Å²) in [5.41, 5.74) is -1.18. The number of fused-ring (bicyclic) bond motifs is 1. The van der Waals surface area contributed by atoms with Gasteiger partial charge in [0.1, 0.15) is 0 Å². The van der Waals surface area contributed by atoms with Crippen molar-refractivity contribution in [2.24, 2.45) is 0 Å². The zero-order valence-electron chi connectivity index (χ0n) is 41.7. The highest BCUT2D eigenvalue weighted by molar-refractivity contribution is 5.97. The van der Waals surface area contributed by atoms with Crippen LogP contribution in [0, 0.1) is 0 Å². The zero-order chi connectivity index (χ0) is 46.2. The van der Waals surface area contributed by atoms with Crippen molar-refractivity contribution in [3.63, 3.8) is 0 Å². The molecule has 0 atom stereocenters. The molecule has 0 amide bonds. The lowest BCUT2D eigenvalue weighted by atomic mass is 9.97. The lowest BCUT2D eigenvalue weighted by molar-refractivity contribution is 1.28.